The molecule has 1 N–H and O–H groups in total. The Morgan fingerprint density at radius 1 is 1.57 bits per heavy atom. The summed E-state index contributed by atoms with van der Waals surface area (Å²) in [4.78, 5) is 11.5. The number of Topliss-reactive ketones (excluding diaryl/α,β-unsaturated/α-hetero) is 1. The molecule has 1 aromatic carbocycles. The lowest BCUT2D eigenvalue weighted by atomic mass is 10.0. The van der Waals surface area contributed by atoms with Crippen molar-refractivity contribution < 1.29 is 9.90 Å². The van der Waals surface area contributed by atoms with Crippen molar-refractivity contribution >= 4 is 17.4 Å². The topological polar surface area (TPSA) is 37.3 Å². The van der Waals surface area contributed by atoms with Crippen molar-refractivity contribution in [3.63, 3.8) is 0 Å². The van der Waals surface area contributed by atoms with Crippen LogP contribution in [0.4, 0.5) is 0 Å². The van der Waals surface area contributed by atoms with Gasteiger partial charge in [0.25, 0.3) is 0 Å². The van der Waals surface area contributed by atoms with E-state index in [-0.39, 0.29) is 11.5 Å². The molecule has 76 valence electrons. The van der Waals surface area contributed by atoms with Crippen LogP contribution in [0, 0.1) is 0 Å². The number of benzene rings is 1. The number of aryl methyl sites for hydroxylation is 1. The molecule has 1 atom stereocenters. The minimum atomic E-state index is -0.604. The van der Waals surface area contributed by atoms with Crippen molar-refractivity contribution in [2.75, 3.05) is 0 Å². The summed E-state index contributed by atoms with van der Waals surface area (Å²) in [5.41, 5.74) is 1.33. The van der Waals surface area contributed by atoms with Gasteiger partial charge in [0, 0.05) is 0 Å². The molecule has 3 heteroatoms. The van der Waals surface area contributed by atoms with Gasteiger partial charge >= 0.3 is 0 Å². The van der Waals surface area contributed by atoms with Gasteiger partial charge < -0.3 is 5.11 Å². The van der Waals surface area contributed by atoms with Crippen LogP contribution in [0.25, 0.3) is 0 Å². The van der Waals surface area contributed by atoms with Crippen LogP contribution in [-0.4, -0.2) is 16.3 Å². The van der Waals surface area contributed by atoms with Gasteiger partial charge in [0.05, 0.1) is 10.9 Å². The first kappa shape index (κ1) is 11.1. The Morgan fingerprint density at radius 3 is 2.71 bits per heavy atom. The number of alkyl halides is 1. The smallest absolute Gasteiger partial charge is 0.184 e. The normalized spacial score (nSPS) is 12.5. The first-order chi connectivity index (χ1) is 6.56. The molecular weight excluding hydrogens is 200 g/mol. The zero-order chi connectivity index (χ0) is 10.7. The van der Waals surface area contributed by atoms with Crippen LogP contribution in [0.15, 0.2) is 18.2 Å². The number of rotatable bonds is 3. The molecule has 0 aliphatic carbocycles. The molecule has 1 unspecified atom stereocenters. The highest BCUT2D eigenvalue weighted by Crippen LogP contribution is 2.21. The van der Waals surface area contributed by atoms with Crippen molar-refractivity contribution in [1.82, 2.24) is 0 Å². The van der Waals surface area contributed by atoms with Gasteiger partial charge in [-0.15, -0.1) is 11.6 Å². The van der Waals surface area contributed by atoms with E-state index in [4.69, 9.17) is 11.6 Å². The molecule has 0 spiro atoms. The molecule has 0 heterocycles. The van der Waals surface area contributed by atoms with Crippen molar-refractivity contribution in [3.05, 3.63) is 29.3 Å². The minimum absolute atomic E-state index is 0.000278. The van der Waals surface area contributed by atoms with Crippen molar-refractivity contribution in [2.45, 2.75) is 25.6 Å². The van der Waals surface area contributed by atoms with Crippen LogP contribution in [0.3, 0.4) is 0 Å². The highest BCUT2D eigenvalue weighted by atomic mass is 35.5. The zero-order valence-electron chi connectivity index (χ0n) is 8.25. The first-order valence-electron chi connectivity index (χ1n) is 4.56. The largest absolute Gasteiger partial charge is 0.507 e. The van der Waals surface area contributed by atoms with E-state index in [1.807, 2.05) is 6.92 Å². The number of phenolic OH excluding ortho intramolecular Hbond substituents is 1. The van der Waals surface area contributed by atoms with E-state index < -0.39 is 5.38 Å². The lowest BCUT2D eigenvalue weighted by Crippen LogP contribution is -2.11. The summed E-state index contributed by atoms with van der Waals surface area (Å²) in [5.74, 6) is -0.237. The summed E-state index contributed by atoms with van der Waals surface area (Å²) in [5, 5.41) is 8.87. The van der Waals surface area contributed by atoms with Crippen LogP contribution in [0.5, 0.6) is 5.75 Å². The van der Waals surface area contributed by atoms with E-state index in [0.717, 1.165) is 12.0 Å². The van der Waals surface area contributed by atoms with E-state index in [2.05, 4.69) is 0 Å². The summed E-state index contributed by atoms with van der Waals surface area (Å²) in [7, 11) is 0. The third kappa shape index (κ3) is 2.26. The molecule has 0 saturated carbocycles. The van der Waals surface area contributed by atoms with E-state index in [0.29, 0.717) is 5.56 Å². The second-order valence-electron chi connectivity index (χ2n) is 3.19. The minimum Gasteiger partial charge on any atom is -0.507 e. The fourth-order valence-electron chi connectivity index (χ4n) is 1.21. The summed E-state index contributed by atoms with van der Waals surface area (Å²) >= 11 is 5.67. The zero-order valence-corrected chi connectivity index (χ0v) is 9.01. The molecule has 0 fully saturated rings. The maximum Gasteiger partial charge on any atom is 0.184 e. The average Bonchev–Trinajstić information content (AvgIpc) is 2.17. The Bertz CT molecular complexity index is 345. The van der Waals surface area contributed by atoms with E-state index >= 15 is 0 Å². The number of carbonyl (C=O) groups excluding carboxylic acids is 1. The number of hydrogen-bond acceptors (Lipinski definition) is 2. The highest BCUT2D eigenvalue weighted by Gasteiger charge is 2.16. The van der Waals surface area contributed by atoms with Crippen LogP contribution in [0.1, 0.15) is 29.8 Å². The van der Waals surface area contributed by atoms with Crippen molar-refractivity contribution in [1.29, 1.82) is 0 Å². The van der Waals surface area contributed by atoms with Gasteiger partial charge in [-0.2, -0.15) is 0 Å². The van der Waals surface area contributed by atoms with Gasteiger partial charge in [0.2, 0.25) is 0 Å². The molecule has 0 saturated heterocycles. The number of hydrogen-bond donors (Lipinski definition) is 1. The Kier molecular flexibility index (Phi) is 3.53. The Balaban J connectivity index is 3.12. The number of phenols is 1. The van der Waals surface area contributed by atoms with Gasteiger partial charge in [-0.05, 0) is 31.0 Å². The molecule has 1 rings (SSSR count). The summed E-state index contributed by atoms with van der Waals surface area (Å²) in [6.07, 6.45) is 0.831. The number of halogens is 1. The number of carbonyl (C=O) groups is 1. The fraction of sp³-hybridized carbons (Fsp3) is 0.364. The van der Waals surface area contributed by atoms with Crippen LogP contribution < -0.4 is 0 Å². The number of aromatic hydroxyl groups is 1. The van der Waals surface area contributed by atoms with Gasteiger partial charge in [-0.25, -0.2) is 0 Å². The van der Waals surface area contributed by atoms with Gasteiger partial charge in [0.15, 0.2) is 5.78 Å². The lowest BCUT2D eigenvalue weighted by molar-refractivity contribution is 0.0989. The maximum atomic E-state index is 11.5. The molecule has 0 aliphatic rings. The standard InChI is InChI=1S/C11H13ClO2/c1-3-8-4-5-10(13)9(6-8)11(14)7(2)12/h4-7,13H,3H2,1-2H3. The second kappa shape index (κ2) is 4.47. The SMILES string of the molecule is CCc1ccc(O)c(C(=O)C(C)Cl)c1. The fourth-order valence-corrected chi connectivity index (χ4v) is 1.33. The molecule has 0 bridgehead atoms. The quantitative estimate of drug-likeness (QED) is 0.618. The molecule has 0 aromatic heterocycles. The maximum absolute atomic E-state index is 11.5. The summed E-state index contributed by atoms with van der Waals surface area (Å²) < 4.78 is 0. The third-order valence-corrected chi connectivity index (χ3v) is 2.29. The Morgan fingerprint density at radius 2 is 2.21 bits per heavy atom. The lowest BCUT2D eigenvalue weighted by Gasteiger charge is -2.06. The third-order valence-electron chi connectivity index (χ3n) is 2.10. The Hall–Kier alpha value is -1.02. The van der Waals surface area contributed by atoms with E-state index in [9.17, 15) is 9.90 Å². The molecule has 0 aliphatic heterocycles. The van der Waals surface area contributed by atoms with Crippen LogP contribution in [-0.2, 0) is 6.42 Å². The molecular formula is C11H13ClO2. The van der Waals surface area contributed by atoms with Crippen molar-refractivity contribution in [2.24, 2.45) is 0 Å². The van der Waals surface area contributed by atoms with Gasteiger partial charge in [-0.1, -0.05) is 13.0 Å². The van der Waals surface area contributed by atoms with Gasteiger partial charge in [0.1, 0.15) is 5.75 Å². The van der Waals surface area contributed by atoms with Crippen molar-refractivity contribution in [3.8, 4) is 5.75 Å². The second-order valence-corrected chi connectivity index (χ2v) is 3.84. The van der Waals surface area contributed by atoms with E-state index in [1.165, 1.54) is 6.07 Å². The average molecular weight is 213 g/mol. The first-order valence-corrected chi connectivity index (χ1v) is 5.00. The molecule has 0 amide bonds. The molecule has 1 aromatic rings. The van der Waals surface area contributed by atoms with E-state index in [1.54, 1.807) is 19.1 Å². The Labute approximate surface area is 88.5 Å². The van der Waals surface area contributed by atoms with Crippen LogP contribution in [0.2, 0.25) is 0 Å². The predicted octanol–water partition coefficient (Wildman–Crippen LogP) is 2.76. The summed E-state index contributed by atoms with van der Waals surface area (Å²) in [6.45, 7) is 3.59. The molecule has 14 heavy (non-hydrogen) atoms. The monoisotopic (exact) mass is 212 g/mol. The number of ketones is 1. The highest BCUT2D eigenvalue weighted by molar-refractivity contribution is 6.33. The molecule has 0 radical (unpaired) electrons. The molecule has 2 nitrogen and oxygen atoms in total. The van der Waals surface area contributed by atoms with Gasteiger partial charge in [-0.3, -0.25) is 4.79 Å². The summed E-state index contributed by atoms with van der Waals surface area (Å²) in [6, 6.07) is 5.02. The predicted molar refractivity (Wildman–Crippen MR) is 57.1 cm³/mol. The van der Waals surface area contributed by atoms with Crippen LogP contribution >= 0.6 is 11.6 Å².